The van der Waals surface area contributed by atoms with E-state index in [0.29, 0.717) is 20.5 Å². The highest BCUT2D eigenvalue weighted by Crippen LogP contribution is 2.36. The van der Waals surface area contributed by atoms with E-state index in [4.69, 9.17) is 23.2 Å². The summed E-state index contributed by atoms with van der Waals surface area (Å²) in [5.74, 6) is 0. The third-order valence-corrected chi connectivity index (χ3v) is 4.39. The van der Waals surface area contributed by atoms with Gasteiger partial charge in [-0.25, -0.2) is 0 Å². The second-order valence-corrected chi connectivity index (χ2v) is 5.88. The van der Waals surface area contributed by atoms with E-state index >= 15 is 0 Å². The Labute approximate surface area is 116 Å². The molecule has 0 aliphatic rings. The fourth-order valence-corrected chi connectivity index (χ4v) is 3.13. The number of hydrogen-bond acceptors (Lipinski definition) is 2. The van der Waals surface area contributed by atoms with Gasteiger partial charge in [0.15, 0.2) is 0 Å². The van der Waals surface area contributed by atoms with E-state index in [0.717, 1.165) is 4.47 Å². The number of thiophene rings is 1. The van der Waals surface area contributed by atoms with Crippen LogP contribution in [0.15, 0.2) is 34.1 Å². The Morgan fingerprint density at radius 1 is 1.19 bits per heavy atom. The van der Waals surface area contributed by atoms with Crippen LogP contribution in [0.3, 0.4) is 0 Å². The SMILES string of the molecule is OC(c1cc(Br)ccc1Cl)c1sccc1Cl. The van der Waals surface area contributed by atoms with Crippen molar-refractivity contribution in [2.75, 3.05) is 0 Å². The van der Waals surface area contributed by atoms with Gasteiger partial charge < -0.3 is 5.11 Å². The standard InChI is InChI=1S/C11H7BrCl2OS/c12-6-1-2-8(13)7(5-6)10(15)11-9(14)3-4-16-11/h1-5,10,15H. The molecule has 16 heavy (non-hydrogen) atoms. The molecular formula is C11H7BrCl2OS. The minimum absolute atomic E-state index is 0.528. The number of halogens is 3. The lowest BCUT2D eigenvalue weighted by atomic mass is 10.1. The Morgan fingerprint density at radius 2 is 1.94 bits per heavy atom. The second-order valence-electron chi connectivity index (χ2n) is 3.20. The highest BCUT2D eigenvalue weighted by Gasteiger charge is 2.18. The van der Waals surface area contributed by atoms with Crippen molar-refractivity contribution < 1.29 is 5.11 Å². The normalized spacial score (nSPS) is 12.8. The number of benzene rings is 1. The highest BCUT2D eigenvalue weighted by molar-refractivity contribution is 9.10. The van der Waals surface area contributed by atoms with Gasteiger partial charge in [-0.1, -0.05) is 39.1 Å². The van der Waals surface area contributed by atoms with Gasteiger partial charge in [0.2, 0.25) is 0 Å². The lowest BCUT2D eigenvalue weighted by Gasteiger charge is -2.12. The van der Waals surface area contributed by atoms with Gasteiger partial charge in [0.05, 0.1) is 9.90 Å². The molecule has 1 aromatic carbocycles. The van der Waals surface area contributed by atoms with Crippen molar-refractivity contribution in [2.45, 2.75) is 6.10 Å². The molecular weight excluding hydrogens is 331 g/mol. The zero-order valence-electron chi connectivity index (χ0n) is 7.95. The van der Waals surface area contributed by atoms with Crippen LogP contribution in [-0.2, 0) is 0 Å². The van der Waals surface area contributed by atoms with Crippen LogP contribution >= 0.6 is 50.5 Å². The second kappa shape index (κ2) is 5.07. The average Bonchev–Trinajstić information content (AvgIpc) is 2.67. The monoisotopic (exact) mass is 336 g/mol. The molecule has 0 fully saturated rings. The third-order valence-electron chi connectivity index (χ3n) is 2.15. The highest BCUT2D eigenvalue weighted by atomic mass is 79.9. The van der Waals surface area contributed by atoms with Crippen molar-refractivity contribution in [3.8, 4) is 0 Å². The maximum absolute atomic E-state index is 10.2. The van der Waals surface area contributed by atoms with Crippen molar-refractivity contribution >= 4 is 50.5 Å². The minimum Gasteiger partial charge on any atom is -0.383 e. The summed E-state index contributed by atoms with van der Waals surface area (Å²) >= 11 is 16.8. The molecule has 84 valence electrons. The molecule has 0 amide bonds. The van der Waals surface area contributed by atoms with Crippen molar-refractivity contribution in [1.82, 2.24) is 0 Å². The largest absolute Gasteiger partial charge is 0.383 e. The van der Waals surface area contributed by atoms with E-state index in [-0.39, 0.29) is 0 Å². The summed E-state index contributed by atoms with van der Waals surface area (Å²) < 4.78 is 0.874. The predicted octanol–water partition coefficient (Wildman–Crippen LogP) is 4.90. The van der Waals surface area contributed by atoms with Crippen LogP contribution in [0, 0.1) is 0 Å². The third kappa shape index (κ3) is 2.44. The molecule has 0 spiro atoms. The first-order valence-corrected chi connectivity index (χ1v) is 6.88. The molecule has 0 bridgehead atoms. The molecule has 1 atom stereocenters. The van der Waals surface area contributed by atoms with Crippen LogP contribution in [0.4, 0.5) is 0 Å². The van der Waals surface area contributed by atoms with Crippen LogP contribution in [0.25, 0.3) is 0 Å². The van der Waals surface area contributed by atoms with Gasteiger partial charge in [0.25, 0.3) is 0 Å². The lowest BCUT2D eigenvalue weighted by molar-refractivity contribution is 0.224. The first kappa shape index (κ1) is 12.4. The number of hydrogen-bond donors (Lipinski definition) is 1. The minimum atomic E-state index is -0.780. The Balaban J connectivity index is 2.45. The first-order valence-electron chi connectivity index (χ1n) is 4.45. The van der Waals surface area contributed by atoms with Gasteiger partial charge >= 0.3 is 0 Å². The summed E-state index contributed by atoms with van der Waals surface area (Å²) in [5, 5.41) is 13.1. The van der Waals surface area contributed by atoms with Crippen LogP contribution in [0.5, 0.6) is 0 Å². The maximum Gasteiger partial charge on any atom is 0.116 e. The first-order chi connectivity index (χ1) is 7.59. The molecule has 0 aliphatic heterocycles. The number of aliphatic hydroxyl groups excluding tert-OH is 1. The van der Waals surface area contributed by atoms with Gasteiger partial charge in [-0.05, 0) is 29.6 Å². The van der Waals surface area contributed by atoms with Gasteiger partial charge in [0, 0.05) is 15.1 Å². The fraction of sp³-hybridized carbons (Fsp3) is 0.0909. The summed E-state index contributed by atoms with van der Waals surface area (Å²) in [6.07, 6.45) is -0.780. The molecule has 0 radical (unpaired) electrons. The summed E-state index contributed by atoms with van der Waals surface area (Å²) in [4.78, 5) is 0.710. The molecule has 5 heteroatoms. The molecule has 1 heterocycles. The molecule has 2 rings (SSSR count). The molecule has 1 N–H and O–H groups in total. The molecule has 1 nitrogen and oxygen atoms in total. The predicted molar refractivity (Wildman–Crippen MR) is 72.5 cm³/mol. The van der Waals surface area contributed by atoms with E-state index in [2.05, 4.69) is 15.9 Å². The van der Waals surface area contributed by atoms with E-state index in [1.165, 1.54) is 11.3 Å². The molecule has 0 saturated heterocycles. The van der Waals surface area contributed by atoms with Gasteiger partial charge in [-0.15, -0.1) is 11.3 Å². The molecule has 0 aliphatic carbocycles. The summed E-state index contributed by atoms with van der Waals surface area (Å²) in [6, 6.07) is 7.12. The Hall–Kier alpha value is -0.0600. The molecule has 1 aromatic heterocycles. The van der Waals surface area contributed by atoms with Gasteiger partial charge in [-0.2, -0.15) is 0 Å². The maximum atomic E-state index is 10.2. The Kier molecular flexibility index (Phi) is 3.93. The number of rotatable bonds is 2. The Bertz CT molecular complexity index is 512. The molecule has 0 saturated carbocycles. The molecule has 1 unspecified atom stereocenters. The fourth-order valence-electron chi connectivity index (χ4n) is 1.37. The van der Waals surface area contributed by atoms with E-state index in [1.807, 2.05) is 11.4 Å². The van der Waals surface area contributed by atoms with Crippen LogP contribution in [-0.4, -0.2) is 5.11 Å². The van der Waals surface area contributed by atoms with Crippen LogP contribution in [0.2, 0.25) is 10.0 Å². The van der Waals surface area contributed by atoms with Gasteiger partial charge in [0.1, 0.15) is 6.10 Å². The summed E-state index contributed by atoms with van der Waals surface area (Å²) in [6.45, 7) is 0. The Morgan fingerprint density at radius 3 is 2.56 bits per heavy atom. The van der Waals surface area contributed by atoms with Gasteiger partial charge in [-0.3, -0.25) is 0 Å². The summed E-state index contributed by atoms with van der Waals surface area (Å²) in [5.41, 5.74) is 0.653. The zero-order valence-corrected chi connectivity index (χ0v) is 11.9. The quantitative estimate of drug-likeness (QED) is 0.826. The summed E-state index contributed by atoms with van der Waals surface area (Å²) in [7, 11) is 0. The van der Waals surface area contributed by atoms with E-state index < -0.39 is 6.10 Å². The average molecular weight is 338 g/mol. The van der Waals surface area contributed by atoms with Crippen molar-refractivity contribution in [3.05, 3.63) is 54.6 Å². The van der Waals surface area contributed by atoms with Crippen LogP contribution < -0.4 is 0 Å². The van der Waals surface area contributed by atoms with Crippen LogP contribution in [0.1, 0.15) is 16.5 Å². The lowest BCUT2D eigenvalue weighted by Crippen LogP contribution is -1.98. The smallest absolute Gasteiger partial charge is 0.116 e. The molecule has 2 aromatic rings. The number of aliphatic hydroxyl groups is 1. The van der Waals surface area contributed by atoms with Crippen molar-refractivity contribution in [1.29, 1.82) is 0 Å². The zero-order chi connectivity index (χ0) is 11.7. The van der Waals surface area contributed by atoms with Crippen molar-refractivity contribution in [3.63, 3.8) is 0 Å². The topological polar surface area (TPSA) is 20.2 Å². The van der Waals surface area contributed by atoms with E-state index in [1.54, 1.807) is 18.2 Å². The van der Waals surface area contributed by atoms with Crippen molar-refractivity contribution in [2.24, 2.45) is 0 Å². The van der Waals surface area contributed by atoms with E-state index in [9.17, 15) is 5.11 Å².